The van der Waals surface area contributed by atoms with Gasteiger partial charge in [-0.2, -0.15) is 5.10 Å². The molecule has 1 amide bonds. The highest BCUT2D eigenvalue weighted by atomic mass is 16.5. The van der Waals surface area contributed by atoms with Crippen molar-refractivity contribution in [2.75, 3.05) is 25.5 Å². The minimum Gasteiger partial charge on any atom is -0.361 e. The Morgan fingerprint density at radius 2 is 2.12 bits per heavy atom. The number of hydrogen-bond acceptors (Lipinski definition) is 6. The third-order valence-electron chi connectivity index (χ3n) is 4.51. The van der Waals surface area contributed by atoms with Gasteiger partial charge < -0.3 is 14.3 Å². The lowest BCUT2D eigenvalue weighted by atomic mass is 10.1. The summed E-state index contributed by atoms with van der Waals surface area (Å²) in [6, 6.07) is 9.61. The molecule has 3 heterocycles. The van der Waals surface area contributed by atoms with Gasteiger partial charge in [-0.3, -0.25) is 4.79 Å². The molecule has 2 aromatic heterocycles. The molecule has 7 heteroatoms. The fraction of sp³-hybridized carbons (Fsp3) is 0.333. The van der Waals surface area contributed by atoms with Crippen molar-refractivity contribution in [2.24, 2.45) is 0 Å². The lowest BCUT2D eigenvalue weighted by Gasteiger charge is -2.28. The first kappa shape index (κ1) is 15.6. The molecule has 0 radical (unpaired) electrons. The Bertz CT molecular complexity index is 934. The number of nitrogens with zero attached hydrogens (tertiary/aromatic N) is 5. The summed E-state index contributed by atoms with van der Waals surface area (Å²) in [6.07, 6.45) is 0.965. The zero-order valence-electron chi connectivity index (χ0n) is 14.3. The third kappa shape index (κ3) is 2.93. The van der Waals surface area contributed by atoms with E-state index in [-0.39, 0.29) is 12.3 Å². The summed E-state index contributed by atoms with van der Waals surface area (Å²) in [5, 5.41) is 13.5. The molecule has 0 atom stereocenters. The number of para-hydroxylation sites is 1. The quantitative estimate of drug-likeness (QED) is 0.725. The van der Waals surface area contributed by atoms with Gasteiger partial charge in [-0.1, -0.05) is 17.3 Å². The molecule has 1 aliphatic heterocycles. The van der Waals surface area contributed by atoms with E-state index in [1.54, 1.807) is 0 Å². The highest BCUT2D eigenvalue weighted by Crippen LogP contribution is 2.22. The van der Waals surface area contributed by atoms with Crippen LogP contribution in [-0.4, -0.2) is 46.8 Å². The monoisotopic (exact) mass is 337 g/mol. The summed E-state index contributed by atoms with van der Waals surface area (Å²) >= 11 is 0. The molecule has 0 saturated carbocycles. The van der Waals surface area contributed by atoms with E-state index < -0.39 is 0 Å². The Morgan fingerprint density at radius 3 is 2.96 bits per heavy atom. The Kier molecular flexibility index (Phi) is 3.83. The van der Waals surface area contributed by atoms with Crippen molar-refractivity contribution in [1.82, 2.24) is 20.3 Å². The van der Waals surface area contributed by atoms with E-state index in [1.165, 1.54) is 0 Å². The van der Waals surface area contributed by atoms with Gasteiger partial charge in [0.2, 0.25) is 5.91 Å². The average molecular weight is 337 g/mol. The molecule has 4 rings (SSSR count). The van der Waals surface area contributed by atoms with Gasteiger partial charge in [-0.15, -0.1) is 5.10 Å². The van der Waals surface area contributed by atoms with Gasteiger partial charge in [0.1, 0.15) is 5.69 Å². The lowest BCUT2D eigenvalue weighted by molar-refractivity contribution is -0.131. The van der Waals surface area contributed by atoms with E-state index in [0.717, 1.165) is 28.9 Å². The van der Waals surface area contributed by atoms with Crippen LogP contribution in [0.5, 0.6) is 0 Å². The molecule has 0 fully saturated rings. The molecule has 0 saturated heterocycles. The van der Waals surface area contributed by atoms with Gasteiger partial charge in [0.15, 0.2) is 11.4 Å². The maximum Gasteiger partial charge on any atom is 0.229 e. The molecule has 0 bridgehead atoms. The molecule has 0 N–H and O–H groups in total. The van der Waals surface area contributed by atoms with Crippen molar-refractivity contribution < 1.29 is 9.32 Å². The minimum atomic E-state index is 0.0490. The molecule has 25 heavy (non-hydrogen) atoms. The van der Waals surface area contributed by atoms with E-state index in [9.17, 15) is 4.79 Å². The first-order valence-electron chi connectivity index (χ1n) is 8.25. The highest BCUT2D eigenvalue weighted by molar-refractivity contribution is 5.86. The van der Waals surface area contributed by atoms with E-state index in [2.05, 4.69) is 15.4 Å². The predicted molar refractivity (Wildman–Crippen MR) is 93.2 cm³/mol. The first-order valence-corrected chi connectivity index (χ1v) is 8.25. The van der Waals surface area contributed by atoms with Crippen LogP contribution in [0.4, 0.5) is 5.82 Å². The van der Waals surface area contributed by atoms with Crippen molar-refractivity contribution >= 4 is 22.7 Å². The number of carbonyl (C=O) groups excluding carboxylic acids is 1. The SMILES string of the molecule is CN(C)c1cc2c(nn1)CCN(C(=O)Cc1noc3ccccc13)C2. The second kappa shape index (κ2) is 6.16. The van der Waals surface area contributed by atoms with Crippen LogP contribution in [0.1, 0.15) is 17.0 Å². The number of benzene rings is 1. The summed E-state index contributed by atoms with van der Waals surface area (Å²) in [4.78, 5) is 16.5. The standard InChI is InChI=1S/C18H19N5O2/c1-22(2)17-9-12-11-23(8-7-14(12)19-20-17)18(24)10-15-13-5-3-4-6-16(13)25-21-15/h3-6,9H,7-8,10-11H2,1-2H3. The molecule has 3 aromatic rings. The van der Waals surface area contributed by atoms with Crippen molar-refractivity contribution in [2.45, 2.75) is 19.4 Å². The van der Waals surface area contributed by atoms with Gasteiger partial charge in [0, 0.05) is 39.0 Å². The van der Waals surface area contributed by atoms with E-state index in [0.29, 0.717) is 24.4 Å². The van der Waals surface area contributed by atoms with Crippen LogP contribution in [0.3, 0.4) is 0 Å². The summed E-state index contributed by atoms with van der Waals surface area (Å²) in [5.74, 6) is 0.850. The van der Waals surface area contributed by atoms with E-state index in [4.69, 9.17) is 4.52 Å². The van der Waals surface area contributed by atoms with Crippen molar-refractivity contribution in [1.29, 1.82) is 0 Å². The largest absolute Gasteiger partial charge is 0.361 e. The summed E-state index contributed by atoms with van der Waals surface area (Å²) < 4.78 is 5.29. The topological polar surface area (TPSA) is 75.4 Å². The normalized spacial score (nSPS) is 13.8. The van der Waals surface area contributed by atoms with Crippen LogP contribution in [0.2, 0.25) is 0 Å². The van der Waals surface area contributed by atoms with Gasteiger partial charge >= 0.3 is 0 Å². The number of aromatic nitrogens is 3. The van der Waals surface area contributed by atoms with Crippen LogP contribution >= 0.6 is 0 Å². The van der Waals surface area contributed by atoms with Gasteiger partial charge in [0.05, 0.1) is 12.1 Å². The molecule has 128 valence electrons. The summed E-state index contributed by atoms with van der Waals surface area (Å²) in [7, 11) is 3.86. The number of hydrogen-bond donors (Lipinski definition) is 0. The number of anilines is 1. The number of rotatable bonds is 3. The second-order valence-electron chi connectivity index (χ2n) is 6.44. The fourth-order valence-electron chi connectivity index (χ4n) is 3.07. The highest BCUT2D eigenvalue weighted by Gasteiger charge is 2.24. The summed E-state index contributed by atoms with van der Waals surface area (Å²) in [6.45, 7) is 1.21. The predicted octanol–water partition coefficient (Wildman–Crippen LogP) is 1.81. The second-order valence-corrected chi connectivity index (χ2v) is 6.44. The van der Waals surface area contributed by atoms with E-state index in [1.807, 2.05) is 54.2 Å². The minimum absolute atomic E-state index is 0.0490. The zero-order chi connectivity index (χ0) is 17.4. The maximum atomic E-state index is 12.7. The van der Waals surface area contributed by atoms with Gasteiger partial charge in [-0.25, -0.2) is 0 Å². The van der Waals surface area contributed by atoms with Crippen molar-refractivity contribution in [3.8, 4) is 0 Å². The third-order valence-corrected chi connectivity index (χ3v) is 4.51. The van der Waals surface area contributed by atoms with Gasteiger partial charge in [0.25, 0.3) is 0 Å². The van der Waals surface area contributed by atoms with Crippen LogP contribution in [-0.2, 0) is 24.2 Å². The van der Waals surface area contributed by atoms with Crippen LogP contribution in [0.25, 0.3) is 11.0 Å². The van der Waals surface area contributed by atoms with Crippen LogP contribution < -0.4 is 4.90 Å². The Hall–Kier alpha value is -2.96. The zero-order valence-corrected chi connectivity index (χ0v) is 14.3. The molecule has 0 spiro atoms. The Morgan fingerprint density at radius 1 is 1.28 bits per heavy atom. The maximum absolute atomic E-state index is 12.7. The fourth-order valence-corrected chi connectivity index (χ4v) is 3.07. The molecule has 0 unspecified atom stereocenters. The molecular weight excluding hydrogens is 318 g/mol. The number of amides is 1. The van der Waals surface area contributed by atoms with Crippen LogP contribution in [0.15, 0.2) is 34.9 Å². The number of fused-ring (bicyclic) bond motifs is 2. The Labute approximate surface area is 145 Å². The molecular formula is C18H19N5O2. The molecule has 0 aliphatic carbocycles. The van der Waals surface area contributed by atoms with Gasteiger partial charge in [-0.05, 0) is 23.8 Å². The van der Waals surface area contributed by atoms with Crippen molar-refractivity contribution in [3.63, 3.8) is 0 Å². The molecule has 1 aromatic carbocycles. The van der Waals surface area contributed by atoms with E-state index >= 15 is 0 Å². The number of carbonyl (C=O) groups is 1. The smallest absolute Gasteiger partial charge is 0.229 e. The molecule has 1 aliphatic rings. The lowest BCUT2D eigenvalue weighted by Crippen LogP contribution is -2.37. The summed E-state index contributed by atoms with van der Waals surface area (Å²) in [5.41, 5.74) is 3.43. The molecule has 7 nitrogen and oxygen atoms in total. The average Bonchev–Trinajstić information content (AvgIpc) is 3.03. The Balaban J connectivity index is 1.53. The first-order chi connectivity index (χ1) is 12.1. The van der Waals surface area contributed by atoms with Crippen molar-refractivity contribution in [3.05, 3.63) is 47.3 Å². The van der Waals surface area contributed by atoms with Crippen LogP contribution in [0, 0.1) is 0 Å².